The summed E-state index contributed by atoms with van der Waals surface area (Å²) in [6.07, 6.45) is 2.22. The Morgan fingerprint density at radius 3 is 2.00 bits per heavy atom. The monoisotopic (exact) mass is 196 g/mol. The van der Waals surface area contributed by atoms with Gasteiger partial charge in [0.1, 0.15) is 5.60 Å². The molecule has 0 spiro atoms. The van der Waals surface area contributed by atoms with Gasteiger partial charge in [0, 0.05) is 0 Å². The van der Waals surface area contributed by atoms with E-state index in [1.54, 1.807) is 20.8 Å². The summed E-state index contributed by atoms with van der Waals surface area (Å²) in [5.74, 6) is -3.03. The zero-order valence-electron chi connectivity index (χ0n) is 8.37. The van der Waals surface area contributed by atoms with Crippen molar-refractivity contribution in [3.05, 3.63) is 12.2 Å². The molecule has 0 aromatic heterocycles. The Bertz CT molecular complexity index is 302. The van der Waals surface area contributed by atoms with E-state index in [-0.39, 0.29) is 0 Å². The van der Waals surface area contributed by atoms with E-state index in [0.29, 0.717) is 0 Å². The largest absolute Gasteiger partial charge is 0.459 e. The molecule has 1 rings (SSSR count). The number of ketones is 2. The Morgan fingerprint density at radius 2 is 1.64 bits per heavy atom. The highest BCUT2D eigenvalue weighted by Crippen LogP contribution is 2.17. The minimum atomic E-state index is -1.27. The number of carbonyl (C=O) groups excluding carboxylic acids is 3. The van der Waals surface area contributed by atoms with E-state index in [4.69, 9.17) is 4.74 Å². The van der Waals surface area contributed by atoms with Crippen LogP contribution in [0, 0.1) is 5.92 Å². The molecule has 0 aliphatic heterocycles. The van der Waals surface area contributed by atoms with Gasteiger partial charge in [0.2, 0.25) is 0 Å². The lowest BCUT2D eigenvalue weighted by molar-refractivity contribution is -0.162. The Balaban J connectivity index is 2.72. The Hall–Kier alpha value is -1.45. The lowest BCUT2D eigenvalue weighted by Crippen LogP contribution is -2.33. The molecule has 0 aromatic carbocycles. The van der Waals surface area contributed by atoms with Crippen molar-refractivity contribution in [1.82, 2.24) is 0 Å². The molecule has 0 bridgehead atoms. The molecule has 14 heavy (non-hydrogen) atoms. The molecule has 0 saturated carbocycles. The molecule has 0 fully saturated rings. The lowest BCUT2D eigenvalue weighted by Gasteiger charge is -2.20. The SMILES string of the molecule is CC(C)(C)OC(=O)C1C(=O)C=CC1=O. The summed E-state index contributed by atoms with van der Waals surface area (Å²) in [7, 11) is 0. The van der Waals surface area contributed by atoms with Gasteiger partial charge in [-0.25, -0.2) is 0 Å². The number of hydrogen-bond acceptors (Lipinski definition) is 4. The van der Waals surface area contributed by atoms with Gasteiger partial charge in [-0.2, -0.15) is 0 Å². The number of esters is 1. The quantitative estimate of drug-likeness (QED) is 0.456. The fourth-order valence-corrected chi connectivity index (χ4v) is 1.09. The molecule has 0 amide bonds. The summed E-state index contributed by atoms with van der Waals surface area (Å²) in [6.45, 7) is 5.05. The second-order valence-electron chi connectivity index (χ2n) is 4.10. The highest BCUT2D eigenvalue weighted by atomic mass is 16.6. The highest BCUT2D eigenvalue weighted by Gasteiger charge is 2.38. The minimum absolute atomic E-state index is 0.496. The van der Waals surface area contributed by atoms with Gasteiger partial charge in [-0.3, -0.25) is 14.4 Å². The summed E-state index contributed by atoms with van der Waals surface area (Å²) >= 11 is 0. The van der Waals surface area contributed by atoms with Crippen molar-refractivity contribution in [2.24, 2.45) is 5.92 Å². The summed E-state index contributed by atoms with van der Waals surface area (Å²) in [5, 5.41) is 0. The van der Waals surface area contributed by atoms with Gasteiger partial charge >= 0.3 is 5.97 Å². The van der Waals surface area contributed by atoms with Crippen molar-refractivity contribution in [1.29, 1.82) is 0 Å². The Kier molecular flexibility index (Phi) is 2.55. The molecule has 4 heteroatoms. The van der Waals surface area contributed by atoms with Crippen LogP contribution in [0.2, 0.25) is 0 Å². The molecule has 1 aliphatic carbocycles. The molecule has 0 heterocycles. The molecule has 0 unspecified atom stereocenters. The molecular formula is C10H12O4. The normalized spacial score (nSPS) is 17.6. The maximum atomic E-state index is 11.4. The third-order valence-corrected chi connectivity index (χ3v) is 1.62. The fourth-order valence-electron chi connectivity index (χ4n) is 1.09. The van der Waals surface area contributed by atoms with E-state index in [1.165, 1.54) is 0 Å². The van der Waals surface area contributed by atoms with Crippen LogP contribution in [-0.4, -0.2) is 23.1 Å². The first-order chi connectivity index (χ1) is 6.31. The van der Waals surface area contributed by atoms with E-state index in [0.717, 1.165) is 12.2 Å². The fraction of sp³-hybridized carbons (Fsp3) is 0.500. The third kappa shape index (κ3) is 2.28. The number of hydrogen-bond donors (Lipinski definition) is 0. The van der Waals surface area contributed by atoms with E-state index < -0.39 is 29.1 Å². The van der Waals surface area contributed by atoms with Crippen LogP contribution in [-0.2, 0) is 19.1 Å². The van der Waals surface area contributed by atoms with Crippen molar-refractivity contribution in [2.45, 2.75) is 26.4 Å². The molecule has 0 N–H and O–H groups in total. The first kappa shape index (κ1) is 10.6. The van der Waals surface area contributed by atoms with Crippen LogP contribution in [0.5, 0.6) is 0 Å². The van der Waals surface area contributed by atoms with Gasteiger partial charge in [0.15, 0.2) is 17.5 Å². The van der Waals surface area contributed by atoms with E-state index in [1.807, 2.05) is 0 Å². The molecule has 0 saturated heterocycles. The molecule has 4 nitrogen and oxygen atoms in total. The molecular weight excluding hydrogens is 184 g/mol. The lowest BCUT2D eigenvalue weighted by atomic mass is 10.1. The number of rotatable bonds is 1. The van der Waals surface area contributed by atoms with Gasteiger partial charge in [-0.05, 0) is 32.9 Å². The van der Waals surface area contributed by atoms with Crippen LogP contribution in [0.3, 0.4) is 0 Å². The van der Waals surface area contributed by atoms with Crippen LogP contribution in [0.15, 0.2) is 12.2 Å². The van der Waals surface area contributed by atoms with E-state index >= 15 is 0 Å². The standard InChI is InChI=1S/C10H12O4/c1-10(2,3)14-9(13)8-6(11)4-5-7(8)12/h4-5,8H,1-3H3. The molecule has 1 aliphatic rings. The smallest absolute Gasteiger partial charge is 0.325 e. The Labute approximate surface area is 81.9 Å². The van der Waals surface area contributed by atoms with Gasteiger partial charge in [-0.15, -0.1) is 0 Å². The van der Waals surface area contributed by atoms with Gasteiger partial charge in [0.05, 0.1) is 0 Å². The first-order valence-electron chi connectivity index (χ1n) is 4.30. The minimum Gasteiger partial charge on any atom is -0.459 e. The van der Waals surface area contributed by atoms with Crippen LogP contribution in [0.4, 0.5) is 0 Å². The summed E-state index contributed by atoms with van der Waals surface area (Å²) in [6, 6.07) is 0. The van der Waals surface area contributed by atoms with Crippen molar-refractivity contribution in [3.8, 4) is 0 Å². The maximum Gasteiger partial charge on any atom is 0.325 e. The van der Waals surface area contributed by atoms with Crippen molar-refractivity contribution in [3.63, 3.8) is 0 Å². The molecule has 0 radical (unpaired) electrons. The highest BCUT2D eigenvalue weighted by molar-refractivity contribution is 6.28. The average molecular weight is 196 g/mol. The topological polar surface area (TPSA) is 60.4 Å². The number of allylic oxidation sites excluding steroid dienone is 2. The van der Waals surface area contributed by atoms with E-state index in [2.05, 4.69) is 0 Å². The second-order valence-corrected chi connectivity index (χ2v) is 4.10. The third-order valence-electron chi connectivity index (χ3n) is 1.62. The van der Waals surface area contributed by atoms with Gasteiger partial charge in [0.25, 0.3) is 0 Å². The predicted molar refractivity (Wildman–Crippen MR) is 48.5 cm³/mol. The van der Waals surface area contributed by atoms with Crippen LogP contribution in [0.1, 0.15) is 20.8 Å². The van der Waals surface area contributed by atoms with Crippen LogP contribution < -0.4 is 0 Å². The molecule has 76 valence electrons. The average Bonchev–Trinajstić information content (AvgIpc) is 2.27. The van der Waals surface area contributed by atoms with Crippen molar-refractivity contribution < 1.29 is 19.1 Å². The zero-order valence-corrected chi connectivity index (χ0v) is 8.37. The molecule has 0 aromatic rings. The summed E-state index contributed by atoms with van der Waals surface area (Å²) in [4.78, 5) is 33.6. The van der Waals surface area contributed by atoms with Gasteiger partial charge in [-0.1, -0.05) is 0 Å². The first-order valence-corrected chi connectivity index (χ1v) is 4.30. The van der Waals surface area contributed by atoms with Crippen LogP contribution >= 0.6 is 0 Å². The maximum absolute atomic E-state index is 11.4. The molecule has 0 atom stereocenters. The van der Waals surface area contributed by atoms with E-state index in [9.17, 15) is 14.4 Å². The van der Waals surface area contributed by atoms with Gasteiger partial charge < -0.3 is 4.74 Å². The number of carbonyl (C=O) groups is 3. The number of ether oxygens (including phenoxy) is 1. The summed E-state index contributed by atoms with van der Waals surface area (Å²) in [5.41, 5.74) is -0.680. The summed E-state index contributed by atoms with van der Waals surface area (Å²) < 4.78 is 4.94. The van der Waals surface area contributed by atoms with Crippen LogP contribution in [0.25, 0.3) is 0 Å². The van der Waals surface area contributed by atoms with Crippen molar-refractivity contribution >= 4 is 17.5 Å². The Morgan fingerprint density at radius 1 is 1.21 bits per heavy atom. The predicted octanol–water partition coefficient (Wildman–Crippen LogP) is 0.652. The van der Waals surface area contributed by atoms with Crippen molar-refractivity contribution in [2.75, 3.05) is 0 Å². The zero-order chi connectivity index (χ0) is 10.9. The second kappa shape index (κ2) is 3.36.